The monoisotopic (exact) mass is 697 g/mol. The zero-order valence-corrected chi connectivity index (χ0v) is 32.9. The second kappa shape index (κ2) is 41.1. The van der Waals surface area contributed by atoms with Gasteiger partial charge in [0.25, 0.3) is 0 Å². The van der Waals surface area contributed by atoms with Gasteiger partial charge >= 0.3 is 11.9 Å². The molecule has 0 fully saturated rings. The molecule has 0 aromatic carbocycles. The number of unbranched alkanes of at least 4 members (excludes halogenated alkanes) is 19. The summed E-state index contributed by atoms with van der Waals surface area (Å²) in [5.41, 5.74) is 0. The standard InChI is InChI=1S/C46H80O4/c1-3-5-7-9-10-11-12-13-14-15-16-17-18-19-20-21-25-28-31-35-39-43-46(49)50-44(40-36-32-8-6-4-2)41-37-33-29-26-23-22-24-27-30-34-38-42-45(47)48/h5,7,10-11,13-14,16-17,19-20,44H,3-4,6,8-9,12,15,18,21-43H2,1-2H3,(H,47,48)/b7-5-,11-10-,14-13-,17-16-,20-19-. The molecule has 0 rings (SSSR count). The van der Waals surface area contributed by atoms with E-state index < -0.39 is 5.97 Å². The third kappa shape index (κ3) is 40.1. The fraction of sp³-hybridized carbons (Fsp3) is 0.739. The Balaban J connectivity index is 3.91. The Morgan fingerprint density at radius 2 is 0.840 bits per heavy atom. The van der Waals surface area contributed by atoms with E-state index in [2.05, 4.69) is 74.6 Å². The highest BCUT2D eigenvalue weighted by Crippen LogP contribution is 2.19. The van der Waals surface area contributed by atoms with Crippen LogP contribution in [0.25, 0.3) is 0 Å². The van der Waals surface area contributed by atoms with Crippen molar-refractivity contribution in [2.45, 2.75) is 219 Å². The van der Waals surface area contributed by atoms with Gasteiger partial charge in [-0.15, -0.1) is 0 Å². The van der Waals surface area contributed by atoms with E-state index in [9.17, 15) is 9.59 Å². The van der Waals surface area contributed by atoms with Crippen LogP contribution in [-0.2, 0) is 14.3 Å². The molecule has 0 spiro atoms. The fourth-order valence-electron chi connectivity index (χ4n) is 6.15. The maximum absolute atomic E-state index is 12.7. The van der Waals surface area contributed by atoms with E-state index in [4.69, 9.17) is 9.84 Å². The molecule has 0 aliphatic carbocycles. The van der Waals surface area contributed by atoms with Gasteiger partial charge in [-0.25, -0.2) is 0 Å². The van der Waals surface area contributed by atoms with Gasteiger partial charge in [-0.05, 0) is 83.5 Å². The Morgan fingerprint density at radius 1 is 0.460 bits per heavy atom. The van der Waals surface area contributed by atoms with E-state index in [1.165, 1.54) is 96.3 Å². The summed E-state index contributed by atoms with van der Waals surface area (Å²) < 4.78 is 6.02. The number of aliphatic carboxylic acids is 1. The summed E-state index contributed by atoms with van der Waals surface area (Å²) in [7, 11) is 0. The van der Waals surface area contributed by atoms with Crippen molar-refractivity contribution in [3.05, 3.63) is 60.8 Å². The zero-order chi connectivity index (χ0) is 36.4. The molecule has 4 heteroatoms. The molecule has 50 heavy (non-hydrogen) atoms. The second-order valence-electron chi connectivity index (χ2n) is 14.2. The van der Waals surface area contributed by atoms with Crippen LogP contribution >= 0.6 is 0 Å². The summed E-state index contributed by atoms with van der Waals surface area (Å²) >= 11 is 0. The van der Waals surface area contributed by atoms with Crippen molar-refractivity contribution in [3.63, 3.8) is 0 Å². The van der Waals surface area contributed by atoms with Crippen molar-refractivity contribution in [2.75, 3.05) is 0 Å². The number of carbonyl (C=O) groups excluding carboxylic acids is 1. The Hall–Kier alpha value is -2.36. The number of carboxylic acids is 1. The van der Waals surface area contributed by atoms with Gasteiger partial charge in [0.05, 0.1) is 0 Å². The number of hydrogen-bond acceptors (Lipinski definition) is 3. The summed E-state index contributed by atoms with van der Waals surface area (Å²) in [5.74, 6) is -0.655. The van der Waals surface area contributed by atoms with Crippen LogP contribution < -0.4 is 0 Å². The highest BCUT2D eigenvalue weighted by Gasteiger charge is 2.14. The maximum Gasteiger partial charge on any atom is 0.306 e. The van der Waals surface area contributed by atoms with Gasteiger partial charge in [0.2, 0.25) is 0 Å². The first kappa shape index (κ1) is 47.6. The lowest BCUT2D eigenvalue weighted by Crippen LogP contribution is -2.18. The number of esters is 1. The Labute approximate surface area is 310 Å². The van der Waals surface area contributed by atoms with Gasteiger partial charge < -0.3 is 9.84 Å². The van der Waals surface area contributed by atoms with Crippen molar-refractivity contribution >= 4 is 11.9 Å². The summed E-state index contributed by atoms with van der Waals surface area (Å²) in [4.78, 5) is 23.2. The predicted octanol–water partition coefficient (Wildman–Crippen LogP) is 14.9. The van der Waals surface area contributed by atoms with Gasteiger partial charge in [0.15, 0.2) is 0 Å². The van der Waals surface area contributed by atoms with Crippen molar-refractivity contribution in [1.82, 2.24) is 0 Å². The first-order valence-corrected chi connectivity index (χ1v) is 21.3. The van der Waals surface area contributed by atoms with E-state index >= 15 is 0 Å². The summed E-state index contributed by atoms with van der Waals surface area (Å²) in [6, 6.07) is 0. The van der Waals surface area contributed by atoms with Crippen molar-refractivity contribution in [3.8, 4) is 0 Å². The third-order valence-corrected chi connectivity index (χ3v) is 9.25. The van der Waals surface area contributed by atoms with Gasteiger partial charge in [-0.2, -0.15) is 0 Å². The largest absolute Gasteiger partial charge is 0.481 e. The summed E-state index contributed by atoms with van der Waals surface area (Å²) in [5, 5.41) is 8.71. The van der Waals surface area contributed by atoms with Crippen LogP contribution in [0.1, 0.15) is 213 Å². The summed E-state index contributed by atoms with van der Waals surface area (Å²) in [6.07, 6.45) is 56.9. The Bertz CT molecular complexity index is 881. The predicted molar refractivity (Wildman–Crippen MR) is 218 cm³/mol. The molecule has 4 nitrogen and oxygen atoms in total. The molecule has 0 amide bonds. The molecule has 0 heterocycles. The van der Waals surface area contributed by atoms with Crippen LogP contribution in [-0.4, -0.2) is 23.1 Å². The normalized spacial score (nSPS) is 12.8. The number of hydrogen-bond donors (Lipinski definition) is 1. The average Bonchev–Trinajstić information content (AvgIpc) is 3.10. The smallest absolute Gasteiger partial charge is 0.306 e. The molecule has 0 saturated carbocycles. The van der Waals surface area contributed by atoms with Crippen molar-refractivity contribution < 1.29 is 19.4 Å². The molecule has 0 aromatic rings. The average molecular weight is 697 g/mol. The second-order valence-corrected chi connectivity index (χ2v) is 14.2. The molecule has 0 bridgehead atoms. The lowest BCUT2D eigenvalue weighted by Gasteiger charge is -2.18. The van der Waals surface area contributed by atoms with Crippen LogP contribution in [0.5, 0.6) is 0 Å². The number of carbonyl (C=O) groups is 2. The van der Waals surface area contributed by atoms with Gasteiger partial charge in [0, 0.05) is 12.8 Å². The van der Waals surface area contributed by atoms with Crippen LogP contribution in [0.3, 0.4) is 0 Å². The van der Waals surface area contributed by atoms with E-state index in [1.807, 2.05) is 0 Å². The minimum atomic E-state index is -0.674. The molecule has 288 valence electrons. The van der Waals surface area contributed by atoms with E-state index in [1.54, 1.807) is 0 Å². The highest BCUT2D eigenvalue weighted by molar-refractivity contribution is 5.69. The number of ether oxygens (including phenoxy) is 1. The molecule has 0 aromatic heterocycles. The lowest BCUT2D eigenvalue weighted by molar-refractivity contribution is -0.150. The van der Waals surface area contributed by atoms with Gasteiger partial charge in [0.1, 0.15) is 6.10 Å². The van der Waals surface area contributed by atoms with E-state index in [0.29, 0.717) is 12.8 Å². The Kier molecular flexibility index (Phi) is 39.1. The quantitative estimate of drug-likeness (QED) is 0.0396. The summed E-state index contributed by atoms with van der Waals surface area (Å²) in [6.45, 7) is 4.42. The van der Waals surface area contributed by atoms with Crippen LogP contribution in [0.15, 0.2) is 60.8 Å². The molecule has 1 N–H and O–H groups in total. The number of carboxylic acid groups (broad SMARTS) is 1. The molecule has 0 aliphatic heterocycles. The third-order valence-electron chi connectivity index (χ3n) is 9.25. The molecule has 0 aliphatic rings. The molecular weight excluding hydrogens is 617 g/mol. The van der Waals surface area contributed by atoms with E-state index in [-0.39, 0.29) is 12.1 Å². The first-order chi connectivity index (χ1) is 24.6. The molecular formula is C46H80O4. The first-order valence-electron chi connectivity index (χ1n) is 21.3. The van der Waals surface area contributed by atoms with Crippen LogP contribution in [0.4, 0.5) is 0 Å². The van der Waals surface area contributed by atoms with E-state index in [0.717, 1.165) is 89.9 Å². The van der Waals surface area contributed by atoms with Crippen molar-refractivity contribution in [1.29, 1.82) is 0 Å². The van der Waals surface area contributed by atoms with Crippen LogP contribution in [0.2, 0.25) is 0 Å². The molecule has 0 saturated heterocycles. The Morgan fingerprint density at radius 3 is 1.30 bits per heavy atom. The molecule has 1 atom stereocenters. The fourth-order valence-corrected chi connectivity index (χ4v) is 6.15. The SMILES string of the molecule is CC/C=C\C/C=C\C/C=C\C/C=C\C/C=C\CCCCCCCC(=O)OC(CCCCCCC)CCCCCCCCCCCCCC(=O)O. The number of allylic oxidation sites excluding steroid dienone is 10. The van der Waals surface area contributed by atoms with Gasteiger partial charge in [-0.1, -0.05) is 177 Å². The van der Waals surface area contributed by atoms with Crippen LogP contribution in [0, 0.1) is 0 Å². The van der Waals surface area contributed by atoms with Crippen molar-refractivity contribution in [2.24, 2.45) is 0 Å². The zero-order valence-electron chi connectivity index (χ0n) is 32.9. The molecule has 1 unspecified atom stereocenters. The lowest BCUT2D eigenvalue weighted by atomic mass is 10.0. The minimum absolute atomic E-state index is 0.0188. The topological polar surface area (TPSA) is 63.6 Å². The maximum atomic E-state index is 12.7. The minimum Gasteiger partial charge on any atom is -0.481 e. The highest BCUT2D eigenvalue weighted by atomic mass is 16.5. The molecule has 0 radical (unpaired) electrons. The number of rotatable bonds is 38. The van der Waals surface area contributed by atoms with Gasteiger partial charge in [-0.3, -0.25) is 9.59 Å².